The van der Waals surface area contributed by atoms with Gasteiger partial charge < -0.3 is 14.2 Å². The van der Waals surface area contributed by atoms with Gasteiger partial charge in [-0.2, -0.15) is 4.98 Å². The maximum Gasteiger partial charge on any atom is 0.230 e. The van der Waals surface area contributed by atoms with E-state index >= 15 is 0 Å². The second-order valence-electron chi connectivity index (χ2n) is 7.00. The van der Waals surface area contributed by atoms with Crippen LogP contribution in [0.25, 0.3) is 11.5 Å². The molecule has 27 heavy (non-hydrogen) atoms. The van der Waals surface area contributed by atoms with Crippen molar-refractivity contribution < 1.29 is 9.26 Å². The predicted molar refractivity (Wildman–Crippen MR) is 96.3 cm³/mol. The molecule has 1 aliphatic heterocycles. The number of aryl methyl sites for hydroxylation is 2. The van der Waals surface area contributed by atoms with Crippen molar-refractivity contribution in [2.24, 2.45) is 7.05 Å². The van der Waals surface area contributed by atoms with Crippen molar-refractivity contribution >= 4 is 5.69 Å². The van der Waals surface area contributed by atoms with E-state index in [0.29, 0.717) is 11.7 Å². The second-order valence-corrected chi connectivity index (χ2v) is 7.00. The summed E-state index contributed by atoms with van der Waals surface area (Å²) in [5.74, 6) is 1.40. The van der Waals surface area contributed by atoms with Gasteiger partial charge in [-0.3, -0.25) is 9.67 Å². The quantitative estimate of drug-likeness (QED) is 0.685. The Morgan fingerprint density at radius 1 is 1.19 bits per heavy atom. The molecule has 3 aromatic rings. The van der Waals surface area contributed by atoms with Crippen LogP contribution in [0.15, 0.2) is 22.9 Å². The molecule has 3 aromatic heterocycles. The summed E-state index contributed by atoms with van der Waals surface area (Å²) >= 11 is 0. The lowest BCUT2D eigenvalue weighted by atomic mass is 9.89. The van der Waals surface area contributed by atoms with Gasteiger partial charge in [0.25, 0.3) is 0 Å². The van der Waals surface area contributed by atoms with Crippen LogP contribution >= 0.6 is 0 Å². The van der Waals surface area contributed by atoms with E-state index in [2.05, 4.69) is 36.4 Å². The van der Waals surface area contributed by atoms with E-state index in [0.717, 1.165) is 68.3 Å². The molecule has 0 saturated carbocycles. The highest BCUT2D eigenvalue weighted by Crippen LogP contribution is 2.31. The Labute approximate surface area is 156 Å². The molecule has 0 amide bonds. The molecule has 2 aliphatic rings. The minimum absolute atomic E-state index is 0.198. The zero-order chi connectivity index (χ0) is 18.2. The molecule has 0 bridgehead atoms. The lowest BCUT2D eigenvalue weighted by molar-refractivity contribution is 0.122. The first-order chi connectivity index (χ1) is 13.3. The fourth-order valence-electron chi connectivity index (χ4n) is 3.75. The Morgan fingerprint density at radius 3 is 2.89 bits per heavy atom. The number of aromatic nitrogens is 6. The minimum atomic E-state index is 0.198. The smallest absolute Gasteiger partial charge is 0.230 e. The number of fused-ring (bicyclic) bond motifs is 1. The molecule has 1 atom stereocenters. The largest absolute Gasteiger partial charge is 0.378 e. The van der Waals surface area contributed by atoms with Gasteiger partial charge in [-0.15, -0.1) is 5.10 Å². The number of anilines is 1. The maximum absolute atomic E-state index is 5.56. The van der Waals surface area contributed by atoms with E-state index in [-0.39, 0.29) is 5.92 Å². The average molecular weight is 367 g/mol. The summed E-state index contributed by atoms with van der Waals surface area (Å²) in [4.78, 5) is 11.4. The van der Waals surface area contributed by atoms with Crippen LogP contribution in [0.4, 0.5) is 5.69 Å². The number of morpholine rings is 1. The zero-order valence-corrected chi connectivity index (χ0v) is 15.2. The summed E-state index contributed by atoms with van der Waals surface area (Å²) in [5.41, 5.74) is 4.04. The van der Waals surface area contributed by atoms with Crippen LogP contribution in [0, 0.1) is 0 Å². The van der Waals surface area contributed by atoms with Crippen molar-refractivity contribution in [3.8, 4) is 11.5 Å². The molecule has 1 unspecified atom stereocenters. The molecular formula is C18H21N7O2. The molecule has 0 spiro atoms. The van der Waals surface area contributed by atoms with Gasteiger partial charge in [0, 0.05) is 32.5 Å². The van der Waals surface area contributed by atoms with Gasteiger partial charge in [0.2, 0.25) is 11.7 Å². The van der Waals surface area contributed by atoms with Gasteiger partial charge in [-0.25, -0.2) is 0 Å². The van der Waals surface area contributed by atoms with Gasteiger partial charge in [0.15, 0.2) is 0 Å². The van der Waals surface area contributed by atoms with Gasteiger partial charge in [-0.1, -0.05) is 10.4 Å². The molecule has 5 rings (SSSR count). The molecule has 4 heterocycles. The van der Waals surface area contributed by atoms with Crippen LogP contribution in [0.5, 0.6) is 0 Å². The van der Waals surface area contributed by atoms with Gasteiger partial charge in [0.1, 0.15) is 5.69 Å². The van der Waals surface area contributed by atoms with Crippen LogP contribution in [0.1, 0.15) is 29.6 Å². The monoisotopic (exact) mass is 367 g/mol. The molecule has 1 aliphatic carbocycles. The molecule has 0 radical (unpaired) electrons. The first-order valence-corrected chi connectivity index (χ1v) is 9.28. The Morgan fingerprint density at radius 2 is 2.07 bits per heavy atom. The average Bonchev–Trinajstić information content (AvgIpc) is 3.36. The molecule has 0 N–H and O–H groups in total. The number of nitrogens with zero attached hydrogens (tertiary/aromatic N) is 7. The van der Waals surface area contributed by atoms with E-state index in [1.165, 1.54) is 0 Å². The van der Waals surface area contributed by atoms with Crippen molar-refractivity contribution in [1.29, 1.82) is 0 Å². The molecule has 9 heteroatoms. The van der Waals surface area contributed by atoms with Gasteiger partial charge >= 0.3 is 0 Å². The summed E-state index contributed by atoms with van der Waals surface area (Å²) in [6.07, 6.45) is 4.52. The summed E-state index contributed by atoms with van der Waals surface area (Å²) in [7, 11) is 1.92. The molecular weight excluding hydrogens is 346 g/mol. The highest BCUT2D eigenvalue weighted by atomic mass is 16.5. The highest BCUT2D eigenvalue weighted by molar-refractivity contribution is 5.54. The number of hydrogen-bond donors (Lipinski definition) is 0. The Kier molecular flexibility index (Phi) is 4.08. The predicted octanol–water partition coefficient (Wildman–Crippen LogP) is 1.37. The van der Waals surface area contributed by atoms with Gasteiger partial charge in [-0.05, 0) is 25.0 Å². The topological polar surface area (TPSA) is 95.0 Å². The van der Waals surface area contributed by atoms with Crippen molar-refractivity contribution in [3.05, 3.63) is 35.6 Å². The van der Waals surface area contributed by atoms with E-state index in [1.54, 1.807) is 0 Å². The van der Waals surface area contributed by atoms with Crippen LogP contribution in [-0.2, 0) is 24.6 Å². The maximum atomic E-state index is 5.56. The van der Waals surface area contributed by atoms with Crippen LogP contribution < -0.4 is 4.90 Å². The third-order valence-corrected chi connectivity index (χ3v) is 5.34. The van der Waals surface area contributed by atoms with Crippen molar-refractivity contribution in [2.75, 3.05) is 31.2 Å². The molecule has 140 valence electrons. The fourth-order valence-corrected chi connectivity index (χ4v) is 3.75. The minimum Gasteiger partial charge on any atom is -0.378 e. The first kappa shape index (κ1) is 16.4. The standard InChI is InChI=1S/C18H21N7O2/c1-24-16-10-12(2-4-14(16)21-23-24)18-20-17(22-27-18)15-5-3-13(11-19-15)25-6-8-26-9-7-25/h3,5,11-12H,2,4,6-10H2,1H3. The Bertz CT molecular complexity index is 928. The zero-order valence-electron chi connectivity index (χ0n) is 15.2. The second kappa shape index (κ2) is 6.73. The summed E-state index contributed by atoms with van der Waals surface area (Å²) in [6.45, 7) is 3.29. The summed E-state index contributed by atoms with van der Waals surface area (Å²) < 4.78 is 12.8. The lowest BCUT2D eigenvalue weighted by Gasteiger charge is -2.28. The molecule has 9 nitrogen and oxygen atoms in total. The Balaban J connectivity index is 1.33. The summed E-state index contributed by atoms with van der Waals surface area (Å²) in [6, 6.07) is 4.00. The van der Waals surface area contributed by atoms with Gasteiger partial charge in [0.05, 0.1) is 36.5 Å². The van der Waals surface area contributed by atoms with Crippen LogP contribution in [0.3, 0.4) is 0 Å². The van der Waals surface area contributed by atoms with E-state index in [1.807, 2.05) is 24.0 Å². The first-order valence-electron chi connectivity index (χ1n) is 9.28. The number of rotatable bonds is 3. The fraction of sp³-hybridized carbons (Fsp3) is 0.500. The molecule has 1 saturated heterocycles. The summed E-state index contributed by atoms with van der Waals surface area (Å²) in [5, 5.41) is 12.5. The van der Waals surface area contributed by atoms with Crippen LogP contribution in [0.2, 0.25) is 0 Å². The molecule has 1 fully saturated rings. The van der Waals surface area contributed by atoms with E-state index in [9.17, 15) is 0 Å². The van der Waals surface area contributed by atoms with E-state index in [4.69, 9.17) is 9.26 Å². The highest BCUT2D eigenvalue weighted by Gasteiger charge is 2.28. The van der Waals surface area contributed by atoms with Crippen molar-refractivity contribution in [3.63, 3.8) is 0 Å². The van der Waals surface area contributed by atoms with Crippen molar-refractivity contribution in [1.82, 2.24) is 30.1 Å². The lowest BCUT2D eigenvalue weighted by Crippen LogP contribution is -2.36. The SMILES string of the molecule is Cn1nnc2c1CC(c1nc(-c3ccc(N4CCOCC4)cn3)no1)CC2. The number of ether oxygens (including phenoxy) is 1. The van der Waals surface area contributed by atoms with Crippen LogP contribution in [-0.4, -0.2) is 56.4 Å². The number of pyridine rings is 1. The van der Waals surface area contributed by atoms with Crippen molar-refractivity contribution in [2.45, 2.75) is 25.2 Å². The molecule has 0 aromatic carbocycles. The number of hydrogen-bond acceptors (Lipinski definition) is 8. The normalized spacial score (nSPS) is 19.9. The third-order valence-electron chi connectivity index (χ3n) is 5.34. The third kappa shape index (κ3) is 3.08. The van der Waals surface area contributed by atoms with E-state index < -0.39 is 0 Å². The Hall–Kier alpha value is -2.81.